The summed E-state index contributed by atoms with van der Waals surface area (Å²) in [6.07, 6.45) is 2.67. The second kappa shape index (κ2) is 7.33. The maximum absolute atomic E-state index is 5.83. The first kappa shape index (κ1) is 14.9. The molecule has 0 amide bonds. The normalized spacial score (nSPS) is 10.2. The smallest absolute Gasteiger partial charge is 0.239 e. The Morgan fingerprint density at radius 2 is 2.10 bits per heavy atom. The van der Waals surface area contributed by atoms with E-state index in [-0.39, 0.29) is 0 Å². The molecular weight excluding hydrogens is 268 g/mol. The van der Waals surface area contributed by atoms with Crippen molar-refractivity contribution in [1.29, 1.82) is 0 Å². The highest BCUT2D eigenvalue weighted by atomic mass is 16.5. The average molecular weight is 288 g/mol. The maximum atomic E-state index is 5.83. The number of nitrogen functional groups attached to an aromatic ring is 1. The Hall–Kier alpha value is -2.50. The number of aromatic nitrogens is 2. The molecule has 6 nitrogen and oxygen atoms in total. The van der Waals surface area contributed by atoms with E-state index in [0.29, 0.717) is 36.4 Å². The van der Waals surface area contributed by atoms with Crippen molar-refractivity contribution in [2.45, 2.75) is 19.9 Å². The van der Waals surface area contributed by atoms with Crippen LogP contribution in [-0.2, 0) is 6.54 Å². The van der Waals surface area contributed by atoms with Crippen LogP contribution >= 0.6 is 0 Å². The van der Waals surface area contributed by atoms with E-state index in [1.807, 2.05) is 25.1 Å². The molecule has 0 aliphatic heterocycles. The largest absolute Gasteiger partial charge is 0.481 e. The third-order valence-corrected chi connectivity index (χ3v) is 2.81. The zero-order valence-electron chi connectivity index (χ0n) is 12.3. The summed E-state index contributed by atoms with van der Waals surface area (Å²) in [4.78, 5) is 8.51. The van der Waals surface area contributed by atoms with Crippen molar-refractivity contribution < 1.29 is 9.47 Å². The Kier molecular flexibility index (Phi) is 5.20. The molecule has 2 rings (SSSR count). The molecule has 2 aromatic rings. The third-order valence-electron chi connectivity index (χ3n) is 2.81. The second-order valence-electron chi connectivity index (χ2n) is 4.50. The quantitative estimate of drug-likeness (QED) is 0.814. The number of nitrogens with one attached hydrogen (secondary N) is 1. The summed E-state index contributed by atoms with van der Waals surface area (Å²) in [5.41, 5.74) is 7.40. The van der Waals surface area contributed by atoms with Gasteiger partial charge in [-0.15, -0.1) is 0 Å². The van der Waals surface area contributed by atoms with Gasteiger partial charge in [-0.3, -0.25) is 0 Å². The number of ether oxygens (including phenoxy) is 2. The minimum Gasteiger partial charge on any atom is -0.481 e. The number of hydrogen-bond acceptors (Lipinski definition) is 6. The molecule has 6 heteroatoms. The van der Waals surface area contributed by atoms with Crippen LogP contribution in [0.5, 0.6) is 11.8 Å². The molecule has 0 aromatic carbocycles. The minimum atomic E-state index is 0.467. The van der Waals surface area contributed by atoms with Gasteiger partial charge in [0, 0.05) is 18.8 Å². The molecule has 0 fully saturated rings. The number of rotatable bonds is 7. The van der Waals surface area contributed by atoms with Crippen molar-refractivity contribution in [2.24, 2.45) is 0 Å². The van der Waals surface area contributed by atoms with Crippen LogP contribution in [0.15, 0.2) is 30.5 Å². The fourth-order valence-electron chi connectivity index (χ4n) is 1.69. The highest BCUT2D eigenvalue weighted by Gasteiger charge is 2.04. The molecule has 2 aromatic heterocycles. The predicted molar refractivity (Wildman–Crippen MR) is 82.6 cm³/mol. The first-order chi connectivity index (χ1) is 10.2. The van der Waals surface area contributed by atoms with Crippen molar-refractivity contribution in [3.05, 3.63) is 36.0 Å². The number of anilines is 2. The van der Waals surface area contributed by atoms with Crippen LogP contribution in [-0.4, -0.2) is 23.7 Å². The van der Waals surface area contributed by atoms with Gasteiger partial charge in [-0.2, -0.15) is 4.98 Å². The lowest BCUT2D eigenvalue weighted by atomic mass is 10.3. The van der Waals surface area contributed by atoms with E-state index < -0.39 is 0 Å². The zero-order chi connectivity index (χ0) is 15.1. The van der Waals surface area contributed by atoms with E-state index in [9.17, 15) is 0 Å². The van der Waals surface area contributed by atoms with Gasteiger partial charge in [0.15, 0.2) is 0 Å². The fourth-order valence-corrected chi connectivity index (χ4v) is 1.69. The molecule has 0 aliphatic carbocycles. The van der Waals surface area contributed by atoms with Gasteiger partial charge in [0.25, 0.3) is 0 Å². The van der Waals surface area contributed by atoms with Crippen LogP contribution in [0, 0.1) is 0 Å². The highest BCUT2D eigenvalue weighted by molar-refractivity contribution is 5.53. The molecule has 0 spiro atoms. The third kappa shape index (κ3) is 4.24. The second-order valence-corrected chi connectivity index (χ2v) is 4.50. The summed E-state index contributed by atoms with van der Waals surface area (Å²) in [7, 11) is 1.59. The SMILES string of the molecule is CCCOc1nc(NCc2ccc(OC)nc2)ccc1N. The van der Waals surface area contributed by atoms with Crippen LogP contribution in [0.25, 0.3) is 0 Å². The monoisotopic (exact) mass is 288 g/mol. The summed E-state index contributed by atoms with van der Waals surface area (Å²) in [6, 6.07) is 7.38. The molecule has 2 heterocycles. The van der Waals surface area contributed by atoms with E-state index in [0.717, 1.165) is 12.0 Å². The molecule has 0 saturated heterocycles. The van der Waals surface area contributed by atoms with Gasteiger partial charge in [-0.1, -0.05) is 13.0 Å². The first-order valence-electron chi connectivity index (χ1n) is 6.85. The lowest BCUT2D eigenvalue weighted by molar-refractivity contribution is 0.307. The lowest BCUT2D eigenvalue weighted by Crippen LogP contribution is -2.06. The summed E-state index contributed by atoms with van der Waals surface area (Å²) < 4.78 is 10.5. The molecular formula is C15H20N4O2. The van der Waals surface area contributed by atoms with Crippen molar-refractivity contribution >= 4 is 11.5 Å². The number of hydrogen-bond donors (Lipinski definition) is 2. The predicted octanol–water partition coefficient (Wildman–Crippen LogP) is 2.47. The zero-order valence-corrected chi connectivity index (χ0v) is 12.3. The van der Waals surface area contributed by atoms with E-state index >= 15 is 0 Å². The molecule has 0 bridgehead atoms. The molecule has 0 atom stereocenters. The fraction of sp³-hybridized carbons (Fsp3) is 0.333. The average Bonchev–Trinajstić information content (AvgIpc) is 2.53. The number of pyridine rings is 2. The molecule has 0 radical (unpaired) electrons. The van der Waals surface area contributed by atoms with Gasteiger partial charge < -0.3 is 20.5 Å². The summed E-state index contributed by atoms with van der Waals surface area (Å²) in [5, 5.41) is 3.21. The van der Waals surface area contributed by atoms with Crippen LogP contribution < -0.4 is 20.5 Å². The summed E-state index contributed by atoms with van der Waals surface area (Å²) in [6.45, 7) is 3.25. The molecule has 0 unspecified atom stereocenters. The van der Waals surface area contributed by atoms with E-state index in [2.05, 4.69) is 15.3 Å². The standard InChI is InChI=1S/C15H20N4O2/c1-3-8-21-15-12(16)5-6-13(19-15)17-9-11-4-7-14(20-2)18-10-11/h4-7,10H,3,8-9,16H2,1-2H3,(H,17,19). The Morgan fingerprint density at radius 3 is 2.76 bits per heavy atom. The van der Waals surface area contributed by atoms with Crippen LogP contribution in [0.3, 0.4) is 0 Å². The lowest BCUT2D eigenvalue weighted by Gasteiger charge is -2.10. The van der Waals surface area contributed by atoms with Gasteiger partial charge in [-0.05, 0) is 24.1 Å². The maximum Gasteiger partial charge on any atom is 0.239 e. The number of nitrogens with two attached hydrogens (primary N) is 1. The van der Waals surface area contributed by atoms with E-state index in [1.165, 1.54) is 0 Å². The summed E-state index contributed by atoms with van der Waals surface area (Å²) >= 11 is 0. The number of nitrogens with zero attached hydrogens (tertiary/aromatic N) is 2. The van der Waals surface area contributed by atoms with Gasteiger partial charge in [0.2, 0.25) is 11.8 Å². The molecule has 3 N–H and O–H groups in total. The van der Waals surface area contributed by atoms with Crippen molar-refractivity contribution in [3.63, 3.8) is 0 Å². The van der Waals surface area contributed by atoms with Crippen LogP contribution in [0.4, 0.5) is 11.5 Å². The van der Waals surface area contributed by atoms with E-state index in [1.54, 1.807) is 19.4 Å². The Labute approximate surface area is 124 Å². The number of methoxy groups -OCH3 is 1. The highest BCUT2D eigenvalue weighted by Crippen LogP contribution is 2.21. The van der Waals surface area contributed by atoms with Gasteiger partial charge >= 0.3 is 0 Å². The summed E-state index contributed by atoms with van der Waals surface area (Å²) in [5.74, 6) is 1.78. The molecule has 112 valence electrons. The minimum absolute atomic E-state index is 0.467. The van der Waals surface area contributed by atoms with Crippen LogP contribution in [0.2, 0.25) is 0 Å². The van der Waals surface area contributed by atoms with Crippen molar-refractivity contribution in [2.75, 3.05) is 24.8 Å². The molecule has 0 saturated carbocycles. The van der Waals surface area contributed by atoms with Crippen LogP contribution in [0.1, 0.15) is 18.9 Å². The van der Waals surface area contributed by atoms with Gasteiger partial charge in [0.1, 0.15) is 5.82 Å². The van der Waals surface area contributed by atoms with E-state index in [4.69, 9.17) is 15.2 Å². The molecule has 21 heavy (non-hydrogen) atoms. The Balaban J connectivity index is 1.98. The van der Waals surface area contributed by atoms with Gasteiger partial charge in [0.05, 0.1) is 19.4 Å². The Morgan fingerprint density at radius 1 is 1.24 bits per heavy atom. The van der Waals surface area contributed by atoms with Gasteiger partial charge in [-0.25, -0.2) is 4.98 Å². The molecule has 0 aliphatic rings. The first-order valence-corrected chi connectivity index (χ1v) is 6.85. The topological polar surface area (TPSA) is 82.3 Å². The van der Waals surface area contributed by atoms with Crippen molar-refractivity contribution in [1.82, 2.24) is 9.97 Å². The Bertz CT molecular complexity index is 572. The van der Waals surface area contributed by atoms with Crippen molar-refractivity contribution in [3.8, 4) is 11.8 Å².